The normalized spacial score (nSPS) is 23.9. The predicted octanol–water partition coefficient (Wildman–Crippen LogP) is 1.57. The lowest BCUT2D eigenvalue weighted by molar-refractivity contribution is 0.354. The summed E-state index contributed by atoms with van der Waals surface area (Å²) in [5.74, 6) is 1.14. The van der Waals surface area contributed by atoms with Gasteiger partial charge in [0.1, 0.15) is 5.75 Å². The van der Waals surface area contributed by atoms with E-state index in [1.165, 1.54) is 16.7 Å². The molecule has 2 nitrogen and oxygen atoms in total. The van der Waals surface area contributed by atoms with Crippen LogP contribution in [0.25, 0.3) is 0 Å². The van der Waals surface area contributed by atoms with Gasteiger partial charge in [-0.15, -0.1) is 0 Å². The third kappa shape index (κ3) is 0.923. The van der Waals surface area contributed by atoms with Crippen LogP contribution in [-0.2, 0) is 12.8 Å². The van der Waals surface area contributed by atoms with Crippen molar-refractivity contribution in [3.63, 3.8) is 0 Å². The van der Waals surface area contributed by atoms with E-state index in [2.05, 4.69) is 12.1 Å². The van der Waals surface area contributed by atoms with E-state index in [0.29, 0.717) is 0 Å². The molecule has 0 bridgehead atoms. The molecule has 13 heavy (non-hydrogen) atoms. The molecule has 1 heterocycles. The quantitative estimate of drug-likeness (QED) is 0.649. The summed E-state index contributed by atoms with van der Waals surface area (Å²) in [5.41, 5.74) is 10.0. The van der Waals surface area contributed by atoms with Crippen molar-refractivity contribution in [3.8, 4) is 5.75 Å². The van der Waals surface area contributed by atoms with Gasteiger partial charge in [-0.1, -0.05) is 12.1 Å². The molecule has 2 heteroatoms. The Labute approximate surface area is 77.7 Å². The first kappa shape index (κ1) is 7.39. The second-order valence-electron chi connectivity index (χ2n) is 3.87. The second-order valence-corrected chi connectivity index (χ2v) is 3.87. The van der Waals surface area contributed by atoms with Crippen molar-refractivity contribution in [2.24, 2.45) is 5.73 Å². The van der Waals surface area contributed by atoms with Crippen LogP contribution in [0.4, 0.5) is 0 Å². The maximum atomic E-state index is 5.98. The minimum absolute atomic E-state index is 0.240. The monoisotopic (exact) mass is 175 g/mol. The topological polar surface area (TPSA) is 35.2 Å². The Kier molecular flexibility index (Phi) is 1.41. The fraction of sp³-hybridized carbons (Fsp3) is 0.455. The highest BCUT2D eigenvalue weighted by Gasteiger charge is 2.26. The fourth-order valence-electron chi connectivity index (χ4n) is 2.39. The number of nitrogens with two attached hydrogens (primary N) is 1. The zero-order valence-electron chi connectivity index (χ0n) is 7.55. The molecule has 0 aromatic heterocycles. The zero-order valence-corrected chi connectivity index (χ0v) is 7.55. The lowest BCUT2D eigenvalue weighted by atomic mass is 10.0. The molecule has 1 unspecified atom stereocenters. The fourth-order valence-corrected chi connectivity index (χ4v) is 2.39. The molecule has 1 aromatic rings. The summed E-state index contributed by atoms with van der Waals surface area (Å²) in [4.78, 5) is 0. The Balaban J connectivity index is 2.21. The van der Waals surface area contributed by atoms with Gasteiger partial charge in [0.15, 0.2) is 0 Å². The number of fused-ring (bicyclic) bond motifs is 3. The molecule has 2 aliphatic rings. The van der Waals surface area contributed by atoms with Crippen LogP contribution in [0.5, 0.6) is 5.75 Å². The first-order chi connectivity index (χ1) is 6.36. The minimum Gasteiger partial charge on any atom is -0.493 e. The third-order valence-electron chi connectivity index (χ3n) is 3.10. The van der Waals surface area contributed by atoms with Gasteiger partial charge in [-0.25, -0.2) is 0 Å². The van der Waals surface area contributed by atoms with E-state index in [0.717, 1.165) is 31.6 Å². The van der Waals surface area contributed by atoms with E-state index < -0.39 is 0 Å². The van der Waals surface area contributed by atoms with E-state index in [9.17, 15) is 0 Å². The number of rotatable bonds is 0. The van der Waals surface area contributed by atoms with Crippen molar-refractivity contribution >= 4 is 0 Å². The van der Waals surface area contributed by atoms with Gasteiger partial charge < -0.3 is 10.5 Å². The molecule has 0 radical (unpaired) electrons. The van der Waals surface area contributed by atoms with Crippen molar-refractivity contribution < 1.29 is 4.74 Å². The SMILES string of the molecule is NC1CCc2c1ccc1c2OCC1. The smallest absolute Gasteiger partial charge is 0.126 e. The van der Waals surface area contributed by atoms with Gasteiger partial charge in [0.05, 0.1) is 6.61 Å². The Hall–Kier alpha value is -1.02. The summed E-state index contributed by atoms with van der Waals surface area (Å²) in [6.45, 7) is 0.848. The molecule has 1 atom stereocenters. The van der Waals surface area contributed by atoms with Crippen LogP contribution in [0, 0.1) is 0 Å². The van der Waals surface area contributed by atoms with Gasteiger partial charge in [-0.3, -0.25) is 0 Å². The summed E-state index contributed by atoms with van der Waals surface area (Å²) < 4.78 is 5.63. The standard InChI is InChI=1S/C11H13NO/c12-10-4-3-9-8(10)2-1-7-5-6-13-11(7)9/h1-2,10H,3-6,12H2. The first-order valence-electron chi connectivity index (χ1n) is 4.89. The van der Waals surface area contributed by atoms with Crippen LogP contribution in [-0.4, -0.2) is 6.61 Å². The third-order valence-corrected chi connectivity index (χ3v) is 3.10. The summed E-state index contributed by atoms with van der Waals surface area (Å²) in [5, 5.41) is 0. The molecule has 3 rings (SSSR count). The Morgan fingerprint density at radius 3 is 3.15 bits per heavy atom. The Morgan fingerprint density at radius 2 is 2.23 bits per heavy atom. The van der Waals surface area contributed by atoms with Gasteiger partial charge in [0.2, 0.25) is 0 Å². The Morgan fingerprint density at radius 1 is 1.31 bits per heavy atom. The van der Waals surface area contributed by atoms with Crippen LogP contribution in [0.2, 0.25) is 0 Å². The molecule has 0 fully saturated rings. The average Bonchev–Trinajstić information content (AvgIpc) is 2.70. The first-order valence-corrected chi connectivity index (χ1v) is 4.89. The summed E-state index contributed by atoms with van der Waals surface area (Å²) in [6.07, 6.45) is 3.24. The van der Waals surface area contributed by atoms with Crippen molar-refractivity contribution in [3.05, 3.63) is 28.8 Å². The maximum Gasteiger partial charge on any atom is 0.126 e. The Bertz CT molecular complexity index is 359. The highest BCUT2D eigenvalue weighted by molar-refractivity contribution is 5.51. The van der Waals surface area contributed by atoms with Gasteiger partial charge in [-0.05, 0) is 29.5 Å². The molecule has 0 amide bonds. The van der Waals surface area contributed by atoms with Crippen LogP contribution < -0.4 is 10.5 Å². The lowest BCUT2D eigenvalue weighted by Crippen LogP contribution is -2.04. The van der Waals surface area contributed by atoms with E-state index in [4.69, 9.17) is 10.5 Å². The van der Waals surface area contributed by atoms with E-state index in [1.807, 2.05) is 0 Å². The van der Waals surface area contributed by atoms with Gasteiger partial charge in [0, 0.05) is 12.5 Å². The lowest BCUT2D eigenvalue weighted by Gasteiger charge is -2.07. The van der Waals surface area contributed by atoms with Gasteiger partial charge in [-0.2, -0.15) is 0 Å². The highest BCUT2D eigenvalue weighted by atomic mass is 16.5. The molecule has 1 aromatic carbocycles. The van der Waals surface area contributed by atoms with Crippen LogP contribution >= 0.6 is 0 Å². The summed E-state index contributed by atoms with van der Waals surface area (Å²) in [7, 11) is 0. The van der Waals surface area contributed by atoms with Crippen LogP contribution in [0.3, 0.4) is 0 Å². The molecular weight excluding hydrogens is 162 g/mol. The average molecular weight is 175 g/mol. The molecule has 2 N–H and O–H groups in total. The molecule has 0 spiro atoms. The molecule has 0 saturated heterocycles. The summed E-state index contributed by atoms with van der Waals surface area (Å²) >= 11 is 0. The molecule has 0 saturated carbocycles. The number of hydrogen-bond acceptors (Lipinski definition) is 2. The molecule has 1 aliphatic carbocycles. The van der Waals surface area contributed by atoms with Crippen LogP contribution in [0.1, 0.15) is 29.2 Å². The zero-order chi connectivity index (χ0) is 8.84. The highest BCUT2D eigenvalue weighted by Crippen LogP contribution is 2.40. The van der Waals surface area contributed by atoms with E-state index in [1.54, 1.807) is 0 Å². The number of ether oxygens (including phenoxy) is 1. The van der Waals surface area contributed by atoms with Crippen molar-refractivity contribution in [2.75, 3.05) is 6.61 Å². The number of hydrogen-bond donors (Lipinski definition) is 1. The van der Waals surface area contributed by atoms with Crippen molar-refractivity contribution in [1.29, 1.82) is 0 Å². The van der Waals surface area contributed by atoms with Crippen LogP contribution in [0.15, 0.2) is 12.1 Å². The van der Waals surface area contributed by atoms with Gasteiger partial charge in [0.25, 0.3) is 0 Å². The largest absolute Gasteiger partial charge is 0.493 e. The number of benzene rings is 1. The minimum atomic E-state index is 0.240. The molecule has 68 valence electrons. The second kappa shape index (κ2) is 2.48. The van der Waals surface area contributed by atoms with Gasteiger partial charge >= 0.3 is 0 Å². The maximum absolute atomic E-state index is 5.98. The molecular formula is C11H13NO. The molecule has 1 aliphatic heterocycles. The predicted molar refractivity (Wildman–Crippen MR) is 50.9 cm³/mol. The summed E-state index contributed by atoms with van der Waals surface area (Å²) in [6, 6.07) is 4.59. The van der Waals surface area contributed by atoms with Crippen molar-refractivity contribution in [1.82, 2.24) is 0 Å². The van der Waals surface area contributed by atoms with E-state index in [-0.39, 0.29) is 6.04 Å². The van der Waals surface area contributed by atoms with Crippen molar-refractivity contribution in [2.45, 2.75) is 25.3 Å². The van der Waals surface area contributed by atoms with E-state index >= 15 is 0 Å².